The second-order valence-corrected chi connectivity index (χ2v) is 7.03. The van der Waals surface area contributed by atoms with E-state index in [4.69, 9.17) is 0 Å². The van der Waals surface area contributed by atoms with Gasteiger partial charge in [-0.1, -0.05) is 0 Å². The van der Waals surface area contributed by atoms with Crippen molar-refractivity contribution >= 4 is 16.7 Å². The number of halogens is 2. The summed E-state index contributed by atoms with van der Waals surface area (Å²) in [6.45, 7) is 6.89. The molecule has 1 atom stereocenters. The predicted molar refractivity (Wildman–Crippen MR) is 101 cm³/mol. The molecule has 7 heteroatoms. The monoisotopic (exact) mass is 369 g/mol. The quantitative estimate of drug-likeness (QED) is 0.709. The summed E-state index contributed by atoms with van der Waals surface area (Å²) in [7, 11) is 0. The van der Waals surface area contributed by atoms with Gasteiger partial charge in [-0.05, 0) is 37.6 Å². The van der Waals surface area contributed by atoms with Gasteiger partial charge in [0.2, 0.25) is 0 Å². The molecule has 140 valence electrons. The van der Waals surface area contributed by atoms with Crippen molar-refractivity contribution in [3.63, 3.8) is 0 Å². The average Bonchev–Trinajstić information content (AvgIpc) is 2.62. The molecule has 3 aromatic rings. The van der Waals surface area contributed by atoms with E-state index in [0.29, 0.717) is 12.1 Å². The molecule has 0 spiro atoms. The molecular weight excluding hydrogens is 348 g/mol. The molecule has 0 bridgehead atoms. The Labute approximate surface area is 156 Å². The van der Waals surface area contributed by atoms with Crippen LogP contribution in [0.3, 0.4) is 0 Å². The summed E-state index contributed by atoms with van der Waals surface area (Å²) in [6, 6.07) is 5.86. The van der Waals surface area contributed by atoms with Crippen LogP contribution >= 0.6 is 0 Å². The van der Waals surface area contributed by atoms with Gasteiger partial charge in [0, 0.05) is 49.9 Å². The first-order valence-corrected chi connectivity index (χ1v) is 9.02. The molecule has 0 saturated carbocycles. The largest absolute Gasteiger partial charge is 0.353 e. The molecule has 0 amide bonds. The molecule has 3 heterocycles. The number of aromatic nitrogens is 3. The molecule has 1 aliphatic rings. The Morgan fingerprint density at radius 3 is 2.63 bits per heavy atom. The van der Waals surface area contributed by atoms with Crippen LogP contribution in [-0.4, -0.2) is 45.5 Å². The first kappa shape index (κ1) is 17.7. The highest BCUT2D eigenvalue weighted by molar-refractivity contribution is 5.88. The van der Waals surface area contributed by atoms with Crippen LogP contribution in [0, 0.1) is 18.6 Å². The van der Waals surface area contributed by atoms with Crippen LogP contribution in [0.1, 0.15) is 18.3 Å². The number of fused-ring (bicyclic) bond motifs is 1. The normalized spacial score (nSPS) is 18.2. The smallest absolute Gasteiger partial charge is 0.140 e. The molecule has 0 aliphatic carbocycles. The van der Waals surface area contributed by atoms with E-state index in [1.54, 1.807) is 12.4 Å². The van der Waals surface area contributed by atoms with Gasteiger partial charge in [-0.25, -0.2) is 18.7 Å². The third kappa shape index (κ3) is 3.73. The van der Waals surface area contributed by atoms with Gasteiger partial charge in [0.1, 0.15) is 23.3 Å². The molecule has 0 N–H and O–H groups in total. The SMILES string of the molecule is Cc1nc(N2CCN(Cc3cc(F)cc(F)c3)C(C)C2)c2ccncc2n1. The maximum atomic E-state index is 13.5. The molecule has 1 aromatic carbocycles. The van der Waals surface area contributed by atoms with Crippen molar-refractivity contribution in [2.24, 2.45) is 0 Å². The fourth-order valence-corrected chi connectivity index (χ4v) is 3.68. The van der Waals surface area contributed by atoms with Gasteiger partial charge in [-0.3, -0.25) is 9.88 Å². The Bertz CT molecular complexity index is 957. The van der Waals surface area contributed by atoms with Crippen molar-refractivity contribution in [3.8, 4) is 0 Å². The van der Waals surface area contributed by atoms with Gasteiger partial charge in [-0.2, -0.15) is 0 Å². The van der Waals surface area contributed by atoms with Crippen molar-refractivity contribution in [1.82, 2.24) is 19.9 Å². The Morgan fingerprint density at radius 2 is 1.89 bits per heavy atom. The zero-order valence-corrected chi connectivity index (χ0v) is 15.4. The Balaban J connectivity index is 1.54. The minimum Gasteiger partial charge on any atom is -0.353 e. The first-order chi connectivity index (χ1) is 13.0. The molecule has 1 saturated heterocycles. The number of hydrogen-bond acceptors (Lipinski definition) is 5. The topological polar surface area (TPSA) is 45.2 Å². The van der Waals surface area contributed by atoms with E-state index >= 15 is 0 Å². The summed E-state index contributed by atoms with van der Waals surface area (Å²) < 4.78 is 26.9. The Hall–Kier alpha value is -2.67. The zero-order chi connectivity index (χ0) is 19.0. The maximum absolute atomic E-state index is 13.5. The Morgan fingerprint density at radius 1 is 1.11 bits per heavy atom. The van der Waals surface area contributed by atoms with Gasteiger partial charge in [0.05, 0.1) is 11.7 Å². The molecule has 0 radical (unpaired) electrons. The number of nitrogens with zero attached hydrogens (tertiary/aromatic N) is 5. The van der Waals surface area contributed by atoms with Gasteiger partial charge >= 0.3 is 0 Å². The second kappa shape index (κ2) is 7.15. The van der Waals surface area contributed by atoms with E-state index in [9.17, 15) is 8.78 Å². The highest BCUT2D eigenvalue weighted by Gasteiger charge is 2.26. The van der Waals surface area contributed by atoms with Crippen LogP contribution in [0.2, 0.25) is 0 Å². The number of rotatable bonds is 3. The van der Waals surface area contributed by atoms with E-state index < -0.39 is 11.6 Å². The minimum atomic E-state index is -0.534. The standard InChI is InChI=1S/C20H21F2N5/c1-13-11-27(20-18-3-4-23-10-19(18)24-14(2)25-20)6-5-26(13)12-15-7-16(21)9-17(22)8-15/h3-4,7-10,13H,5-6,11-12H2,1-2H3. The number of anilines is 1. The van der Waals surface area contributed by atoms with Crippen LogP contribution in [0.25, 0.3) is 10.9 Å². The van der Waals surface area contributed by atoms with Crippen LogP contribution in [0.5, 0.6) is 0 Å². The predicted octanol–water partition coefficient (Wildman–Crippen LogP) is 3.32. The molecule has 5 nitrogen and oxygen atoms in total. The summed E-state index contributed by atoms with van der Waals surface area (Å²) in [5.74, 6) is 0.569. The molecule has 1 fully saturated rings. The minimum absolute atomic E-state index is 0.220. The number of pyridine rings is 1. The van der Waals surface area contributed by atoms with Crippen molar-refractivity contribution < 1.29 is 8.78 Å². The maximum Gasteiger partial charge on any atom is 0.140 e. The van der Waals surface area contributed by atoms with Crippen molar-refractivity contribution in [3.05, 3.63) is 59.7 Å². The molecular formula is C20H21F2N5. The van der Waals surface area contributed by atoms with Gasteiger partial charge in [0.15, 0.2) is 0 Å². The summed E-state index contributed by atoms with van der Waals surface area (Å²) >= 11 is 0. The first-order valence-electron chi connectivity index (χ1n) is 9.02. The lowest BCUT2D eigenvalue weighted by molar-refractivity contribution is 0.180. The highest BCUT2D eigenvalue weighted by atomic mass is 19.1. The van der Waals surface area contributed by atoms with Crippen molar-refractivity contribution in [2.75, 3.05) is 24.5 Å². The van der Waals surface area contributed by atoms with Crippen LogP contribution in [-0.2, 0) is 6.54 Å². The van der Waals surface area contributed by atoms with E-state index in [1.807, 2.05) is 13.0 Å². The highest BCUT2D eigenvalue weighted by Crippen LogP contribution is 2.26. The van der Waals surface area contributed by atoms with Crippen LogP contribution < -0.4 is 4.90 Å². The number of hydrogen-bond donors (Lipinski definition) is 0. The fraction of sp³-hybridized carbons (Fsp3) is 0.350. The van der Waals surface area contributed by atoms with E-state index in [0.717, 1.165) is 48.2 Å². The Kier molecular flexibility index (Phi) is 4.70. The lowest BCUT2D eigenvalue weighted by Crippen LogP contribution is -2.51. The van der Waals surface area contributed by atoms with Crippen molar-refractivity contribution in [1.29, 1.82) is 0 Å². The summed E-state index contributed by atoms with van der Waals surface area (Å²) in [4.78, 5) is 17.8. The molecule has 27 heavy (non-hydrogen) atoms. The number of benzene rings is 1. The molecule has 4 rings (SSSR count). The fourth-order valence-electron chi connectivity index (χ4n) is 3.68. The zero-order valence-electron chi connectivity index (χ0n) is 15.4. The average molecular weight is 369 g/mol. The van der Waals surface area contributed by atoms with Gasteiger partial charge in [0.25, 0.3) is 0 Å². The van der Waals surface area contributed by atoms with Crippen LogP contribution in [0.15, 0.2) is 36.7 Å². The van der Waals surface area contributed by atoms with Gasteiger partial charge in [-0.15, -0.1) is 0 Å². The van der Waals surface area contributed by atoms with E-state index in [-0.39, 0.29) is 6.04 Å². The summed E-state index contributed by atoms with van der Waals surface area (Å²) in [5, 5.41) is 0.989. The van der Waals surface area contributed by atoms with E-state index in [2.05, 4.69) is 31.7 Å². The molecule has 2 aromatic heterocycles. The third-order valence-corrected chi connectivity index (χ3v) is 4.96. The van der Waals surface area contributed by atoms with Crippen LogP contribution in [0.4, 0.5) is 14.6 Å². The molecule has 1 unspecified atom stereocenters. The summed E-state index contributed by atoms with van der Waals surface area (Å²) in [5.41, 5.74) is 1.49. The number of aryl methyl sites for hydroxylation is 1. The summed E-state index contributed by atoms with van der Waals surface area (Å²) in [6.07, 6.45) is 3.51. The lowest BCUT2D eigenvalue weighted by atomic mass is 10.1. The van der Waals surface area contributed by atoms with Gasteiger partial charge < -0.3 is 4.90 Å². The third-order valence-electron chi connectivity index (χ3n) is 4.96. The molecule has 1 aliphatic heterocycles. The van der Waals surface area contributed by atoms with Crippen molar-refractivity contribution in [2.45, 2.75) is 26.4 Å². The van der Waals surface area contributed by atoms with E-state index in [1.165, 1.54) is 12.1 Å². The number of piperazine rings is 1. The second-order valence-electron chi connectivity index (χ2n) is 7.03. The lowest BCUT2D eigenvalue weighted by Gasteiger charge is -2.40.